The molecule has 0 fully saturated rings. The number of nitrogens with zero attached hydrogens (tertiary/aromatic N) is 2. The number of hydrogen-bond donors (Lipinski definition) is 1. The number of amidine groups is 1. The second kappa shape index (κ2) is 8.62. The van der Waals surface area contributed by atoms with E-state index in [1.54, 1.807) is 25.3 Å². The van der Waals surface area contributed by atoms with E-state index in [1.165, 1.54) is 30.6 Å². The van der Waals surface area contributed by atoms with Gasteiger partial charge in [-0.1, -0.05) is 17.8 Å². The largest absolute Gasteiger partial charge is 0.497 e. The van der Waals surface area contributed by atoms with Gasteiger partial charge < -0.3 is 14.8 Å². The van der Waals surface area contributed by atoms with Crippen molar-refractivity contribution in [2.24, 2.45) is 15.9 Å². The highest BCUT2D eigenvalue weighted by atomic mass is 32.2. The Labute approximate surface area is 165 Å². The summed E-state index contributed by atoms with van der Waals surface area (Å²) in [5, 5.41) is 3.58. The fraction of sp³-hybridized carbons (Fsp3) is 0.333. The molecule has 0 radical (unpaired) electrons. The minimum Gasteiger partial charge on any atom is -0.497 e. The van der Waals surface area contributed by atoms with Crippen molar-refractivity contribution in [3.05, 3.63) is 29.2 Å². The lowest BCUT2D eigenvalue weighted by molar-refractivity contribution is -0.118. The number of hydrogen-bond acceptors (Lipinski definition) is 7. The third-order valence-corrected chi connectivity index (χ3v) is 5.77. The molecule has 0 saturated heterocycles. The van der Waals surface area contributed by atoms with Crippen molar-refractivity contribution in [3.8, 4) is 11.5 Å². The zero-order valence-corrected chi connectivity index (χ0v) is 16.8. The molecule has 0 spiro atoms. The topological polar surface area (TPSA) is 89.3 Å². The number of methoxy groups -OCH3 is 2. The lowest BCUT2D eigenvalue weighted by Crippen LogP contribution is -2.24. The molecule has 0 saturated carbocycles. The van der Waals surface area contributed by atoms with Crippen LogP contribution in [-0.2, 0) is 9.59 Å². The van der Waals surface area contributed by atoms with E-state index in [4.69, 9.17) is 9.47 Å². The molecule has 7 nitrogen and oxygen atoms in total. The van der Waals surface area contributed by atoms with Gasteiger partial charge in [0.15, 0.2) is 0 Å². The average Bonchev–Trinajstić information content (AvgIpc) is 3.03. The van der Waals surface area contributed by atoms with E-state index in [9.17, 15) is 9.59 Å². The van der Waals surface area contributed by atoms with Gasteiger partial charge in [-0.2, -0.15) is 4.99 Å². The second-order valence-electron chi connectivity index (χ2n) is 5.78. The predicted octanol–water partition coefficient (Wildman–Crippen LogP) is 2.98. The Bertz CT molecular complexity index is 864. The summed E-state index contributed by atoms with van der Waals surface area (Å²) in [6, 6.07) is 5.17. The Balaban J connectivity index is 1.52. The van der Waals surface area contributed by atoms with Crippen LogP contribution < -0.4 is 14.8 Å². The summed E-state index contributed by atoms with van der Waals surface area (Å²) in [5.41, 5.74) is 0.570. The number of benzene rings is 1. The number of ether oxygens (including phenoxy) is 2. The van der Waals surface area contributed by atoms with Crippen molar-refractivity contribution in [1.29, 1.82) is 0 Å². The molecule has 2 aliphatic rings. The van der Waals surface area contributed by atoms with Gasteiger partial charge in [-0.05, 0) is 24.0 Å². The Hall–Kier alpha value is -2.26. The molecular formula is C18H19N3O4S2. The summed E-state index contributed by atoms with van der Waals surface area (Å²) in [5.74, 6) is 1.54. The maximum absolute atomic E-state index is 12.2. The molecular weight excluding hydrogens is 386 g/mol. The summed E-state index contributed by atoms with van der Waals surface area (Å²) in [6.07, 6.45) is 1.88. The van der Waals surface area contributed by atoms with E-state index in [1.807, 2.05) is 13.0 Å². The van der Waals surface area contributed by atoms with Gasteiger partial charge in [-0.15, -0.1) is 11.8 Å². The van der Waals surface area contributed by atoms with Crippen LogP contribution in [0.15, 0.2) is 39.2 Å². The number of nitrogens with one attached hydrogen (secondary N) is 1. The Morgan fingerprint density at radius 1 is 1.30 bits per heavy atom. The van der Waals surface area contributed by atoms with Crippen LogP contribution in [0.2, 0.25) is 0 Å². The van der Waals surface area contributed by atoms with E-state index in [-0.39, 0.29) is 23.5 Å². The Morgan fingerprint density at radius 3 is 2.85 bits per heavy atom. The van der Waals surface area contributed by atoms with Crippen LogP contribution in [-0.4, -0.2) is 48.4 Å². The minimum absolute atomic E-state index is 0.176. The molecule has 1 N–H and O–H groups in total. The van der Waals surface area contributed by atoms with Gasteiger partial charge >= 0.3 is 0 Å². The molecule has 3 rings (SSSR count). The summed E-state index contributed by atoms with van der Waals surface area (Å²) < 4.78 is 10.4. The highest BCUT2D eigenvalue weighted by Gasteiger charge is 2.32. The molecule has 0 bridgehead atoms. The molecule has 2 amide bonds. The molecule has 9 heteroatoms. The molecule has 2 aliphatic heterocycles. The standard InChI is InChI=1S/C18H19N3O4S2/c1-10-6-12-17(23)20-15(21-18(12)27-10)8-26-9-16(22)19-13-5-4-11(24-2)7-14(13)25-3/h4-7,12H,8-9H2,1-3H3,(H,19,22). The predicted molar refractivity (Wildman–Crippen MR) is 110 cm³/mol. The molecule has 0 aliphatic carbocycles. The fourth-order valence-corrected chi connectivity index (χ4v) is 4.23. The van der Waals surface area contributed by atoms with Crippen molar-refractivity contribution in [3.63, 3.8) is 0 Å². The van der Waals surface area contributed by atoms with E-state index >= 15 is 0 Å². The molecule has 1 unspecified atom stereocenters. The van der Waals surface area contributed by atoms with Crippen LogP contribution in [0.4, 0.5) is 5.69 Å². The number of thioether (sulfide) groups is 2. The maximum Gasteiger partial charge on any atom is 0.261 e. The number of rotatable bonds is 7. The number of aliphatic imine (C=N–C) groups is 2. The quantitative estimate of drug-likeness (QED) is 0.750. The molecule has 142 valence electrons. The summed E-state index contributed by atoms with van der Waals surface area (Å²) in [7, 11) is 3.09. The van der Waals surface area contributed by atoms with Crippen molar-refractivity contribution < 1.29 is 19.1 Å². The van der Waals surface area contributed by atoms with Crippen LogP contribution in [0.5, 0.6) is 11.5 Å². The van der Waals surface area contributed by atoms with E-state index in [2.05, 4.69) is 15.3 Å². The molecule has 1 aromatic carbocycles. The van der Waals surface area contributed by atoms with Gasteiger partial charge in [-0.25, -0.2) is 4.99 Å². The van der Waals surface area contributed by atoms with Crippen LogP contribution in [0, 0.1) is 5.92 Å². The number of allylic oxidation sites excluding steroid dienone is 1. The Morgan fingerprint density at radius 2 is 2.11 bits per heavy atom. The molecule has 0 aromatic heterocycles. The number of fused-ring (bicyclic) bond motifs is 1. The summed E-state index contributed by atoms with van der Waals surface area (Å²) >= 11 is 2.85. The van der Waals surface area contributed by atoms with Crippen LogP contribution >= 0.6 is 23.5 Å². The van der Waals surface area contributed by atoms with Gasteiger partial charge in [0.1, 0.15) is 23.3 Å². The third kappa shape index (κ3) is 4.72. The number of carbonyl (C=O) groups is 2. The molecule has 2 heterocycles. The monoisotopic (exact) mass is 405 g/mol. The van der Waals surface area contributed by atoms with Gasteiger partial charge in [0.2, 0.25) is 5.91 Å². The normalized spacial score (nSPS) is 18.3. The number of carbonyl (C=O) groups excluding carboxylic acids is 2. The van der Waals surface area contributed by atoms with Gasteiger partial charge in [0, 0.05) is 6.07 Å². The van der Waals surface area contributed by atoms with E-state index in [0.717, 1.165) is 9.95 Å². The first-order valence-electron chi connectivity index (χ1n) is 8.16. The average molecular weight is 406 g/mol. The van der Waals surface area contributed by atoms with E-state index in [0.29, 0.717) is 28.8 Å². The summed E-state index contributed by atoms with van der Waals surface area (Å²) in [6.45, 7) is 1.95. The minimum atomic E-state index is -0.324. The third-order valence-electron chi connectivity index (χ3n) is 3.82. The second-order valence-corrected chi connectivity index (χ2v) is 8.03. The SMILES string of the molecule is COc1ccc(NC(=O)CSCC2=NC(=O)C3C=C(C)SC3=N2)c(OC)c1. The zero-order chi connectivity index (χ0) is 19.4. The first kappa shape index (κ1) is 19.5. The van der Waals surface area contributed by atoms with Crippen LogP contribution in [0.25, 0.3) is 0 Å². The van der Waals surface area contributed by atoms with E-state index < -0.39 is 0 Å². The highest BCUT2D eigenvalue weighted by molar-refractivity contribution is 8.17. The van der Waals surface area contributed by atoms with Crippen molar-refractivity contribution in [2.75, 3.05) is 31.0 Å². The molecule has 1 atom stereocenters. The molecule has 1 aromatic rings. The Kier molecular flexibility index (Phi) is 6.22. The maximum atomic E-state index is 12.2. The first-order chi connectivity index (χ1) is 13.0. The van der Waals surface area contributed by atoms with Crippen molar-refractivity contribution in [2.45, 2.75) is 6.92 Å². The van der Waals surface area contributed by atoms with Crippen LogP contribution in [0.1, 0.15) is 6.92 Å². The van der Waals surface area contributed by atoms with Gasteiger partial charge in [-0.3, -0.25) is 9.59 Å². The van der Waals surface area contributed by atoms with Gasteiger partial charge in [0.05, 0.1) is 36.5 Å². The first-order valence-corrected chi connectivity index (χ1v) is 10.1. The van der Waals surface area contributed by atoms with Crippen molar-refractivity contribution >= 4 is 51.9 Å². The van der Waals surface area contributed by atoms with Crippen molar-refractivity contribution in [1.82, 2.24) is 0 Å². The van der Waals surface area contributed by atoms with Gasteiger partial charge in [0.25, 0.3) is 5.91 Å². The smallest absolute Gasteiger partial charge is 0.261 e. The highest BCUT2D eigenvalue weighted by Crippen LogP contribution is 2.34. The summed E-state index contributed by atoms with van der Waals surface area (Å²) in [4.78, 5) is 33.8. The lowest BCUT2D eigenvalue weighted by Gasteiger charge is -2.13. The fourth-order valence-electron chi connectivity index (χ4n) is 2.57. The number of amides is 2. The lowest BCUT2D eigenvalue weighted by atomic mass is 10.1. The number of anilines is 1. The molecule has 27 heavy (non-hydrogen) atoms. The van der Waals surface area contributed by atoms with Crippen LogP contribution in [0.3, 0.4) is 0 Å². The zero-order valence-electron chi connectivity index (χ0n) is 15.1.